The molecule has 0 aliphatic carbocycles. The molecule has 0 saturated heterocycles. The maximum absolute atomic E-state index is 11.6. The van der Waals surface area contributed by atoms with Gasteiger partial charge < -0.3 is 10.4 Å². The summed E-state index contributed by atoms with van der Waals surface area (Å²) in [6, 6.07) is 1.67. The van der Waals surface area contributed by atoms with Gasteiger partial charge in [0.05, 0.1) is 17.2 Å². The summed E-state index contributed by atoms with van der Waals surface area (Å²) in [6.07, 6.45) is 0. The number of aliphatic hydroxyl groups is 1. The van der Waals surface area contributed by atoms with E-state index in [2.05, 4.69) is 5.32 Å². The first kappa shape index (κ1) is 11.5. The summed E-state index contributed by atoms with van der Waals surface area (Å²) in [7, 11) is 0. The van der Waals surface area contributed by atoms with Crippen LogP contribution in [0.25, 0.3) is 0 Å². The summed E-state index contributed by atoms with van der Waals surface area (Å²) in [5.74, 6) is -0.246. The number of aliphatic hydroxyl groups excluding tert-OH is 1. The lowest BCUT2D eigenvalue weighted by Gasteiger charge is -2.22. The van der Waals surface area contributed by atoms with Crippen molar-refractivity contribution in [1.29, 1.82) is 0 Å². The van der Waals surface area contributed by atoms with Crippen molar-refractivity contribution >= 4 is 28.8 Å². The highest BCUT2D eigenvalue weighted by Crippen LogP contribution is 2.22. The van der Waals surface area contributed by atoms with Gasteiger partial charge in [-0.05, 0) is 25.3 Å². The summed E-state index contributed by atoms with van der Waals surface area (Å²) in [6.45, 7) is 3.38. The molecule has 0 fully saturated rings. The van der Waals surface area contributed by atoms with Crippen LogP contribution in [0.2, 0.25) is 5.02 Å². The molecular formula is C9H12ClNO2S. The van der Waals surface area contributed by atoms with Crippen LogP contribution in [0.3, 0.4) is 0 Å². The van der Waals surface area contributed by atoms with Crippen molar-refractivity contribution in [2.45, 2.75) is 19.4 Å². The monoisotopic (exact) mass is 233 g/mol. The first-order chi connectivity index (χ1) is 6.46. The third-order valence-electron chi connectivity index (χ3n) is 1.67. The zero-order valence-corrected chi connectivity index (χ0v) is 9.58. The lowest BCUT2D eigenvalue weighted by atomic mass is 10.1. The fourth-order valence-corrected chi connectivity index (χ4v) is 1.90. The smallest absolute Gasteiger partial charge is 0.263 e. The Kier molecular flexibility index (Phi) is 3.53. The van der Waals surface area contributed by atoms with E-state index >= 15 is 0 Å². The van der Waals surface area contributed by atoms with Crippen LogP contribution >= 0.6 is 22.9 Å². The number of hydrogen-bond donors (Lipinski definition) is 2. The number of thiophene rings is 1. The Labute approximate surface area is 91.7 Å². The van der Waals surface area contributed by atoms with E-state index in [1.807, 2.05) is 0 Å². The molecule has 0 atom stereocenters. The van der Waals surface area contributed by atoms with Gasteiger partial charge in [-0.2, -0.15) is 0 Å². The highest BCUT2D eigenvalue weighted by molar-refractivity contribution is 7.12. The molecule has 14 heavy (non-hydrogen) atoms. The maximum atomic E-state index is 11.6. The number of hydrogen-bond acceptors (Lipinski definition) is 3. The van der Waals surface area contributed by atoms with Crippen LogP contribution in [0.1, 0.15) is 23.5 Å². The largest absolute Gasteiger partial charge is 0.394 e. The van der Waals surface area contributed by atoms with Gasteiger partial charge in [0.25, 0.3) is 5.91 Å². The number of amides is 1. The van der Waals surface area contributed by atoms with E-state index in [1.54, 1.807) is 25.3 Å². The second-order valence-corrected chi connectivity index (χ2v) is 4.92. The highest BCUT2D eigenvalue weighted by Gasteiger charge is 2.21. The Balaban J connectivity index is 2.73. The summed E-state index contributed by atoms with van der Waals surface area (Å²) in [5, 5.41) is 13.9. The van der Waals surface area contributed by atoms with Gasteiger partial charge in [0.1, 0.15) is 4.88 Å². The molecule has 0 radical (unpaired) electrons. The molecule has 1 aromatic rings. The van der Waals surface area contributed by atoms with E-state index in [-0.39, 0.29) is 12.5 Å². The van der Waals surface area contributed by atoms with Crippen LogP contribution in [0.5, 0.6) is 0 Å². The zero-order valence-electron chi connectivity index (χ0n) is 8.00. The molecule has 0 spiro atoms. The van der Waals surface area contributed by atoms with Crippen LogP contribution in [0, 0.1) is 0 Å². The topological polar surface area (TPSA) is 49.3 Å². The number of nitrogens with one attached hydrogen (secondary N) is 1. The first-order valence-corrected chi connectivity index (χ1v) is 5.38. The van der Waals surface area contributed by atoms with E-state index < -0.39 is 5.54 Å². The van der Waals surface area contributed by atoms with E-state index in [0.29, 0.717) is 9.90 Å². The fraction of sp³-hybridized carbons (Fsp3) is 0.444. The molecular weight excluding hydrogens is 222 g/mol. The molecule has 1 heterocycles. The SMILES string of the molecule is CC(C)(CO)NC(=O)c1sccc1Cl. The third-order valence-corrected chi connectivity index (χ3v) is 3.01. The van der Waals surface area contributed by atoms with E-state index in [4.69, 9.17) is 16.7 Å². The molecule has 78 valence electrons. The van der Waals surface area contributed by atoms with Gasteiger partial charge in [-0.3, -0.25) is 4.79 Å². The standard InChI is InChI=1S/C9H12ClNO2S/c1-9(2,5-12)11-8(13)7-6(10)3-4-14-7/h3-4,12H,5H2,1-2H3,(H,11,13). The molecule has 0 aliphatic rings. The van der Waals surface area contributed by atoms with Gasteiger partial charge >= 0.3 is 0 Å². The van der Waals surface area contributed by atoms with Crippen LogP contribution in [0.15, 0.2) is 11.4 Å². The van der Waals surface area contributed by atoms with E-state index in [0.717, 1.165) is 0 Å². The van der Waals surface area contributed by atoms with Crippen LogP contribution in [0.4, 0.5) is 0 Å². The molecule has 0 saturated carbocycles. The van der Waals surface area contributed by atoms with E-state index in [9.17, 15) is 4.79 Å². The van der Waals surface area contributed by atoms with Crippen molar-refractivity contribution < 1.29 is 9.90 Å². The second-order valence-electron chi connectivity index (χ2n) is 3.59. The minimum atomic E-state index is -0.621. The molecule has 1 amide bonds. The van der Waals surface area contributed by atoms with Gasteiger partial charge in [-0.25, -0.2) is 0 Å². The van der Waals surface area contributed by atoms with Crippen LogP contribution in [-0.2, 0) is 0 Å². The molecule has 0 aromatic carbocycles. The fourth-order valence-electron chi connectivity index (χ4n) is 0.859. The first-order valence-electron chi connectivity index (χ1n) is 4.12. The van der Waals surface area contributed by atoms with Crippen molar-refractivity contribution in [2.24, 2.45) is 0 Å². The van der Waals surface area contributed by atoms with Crippen LogP contribution in [-0.4, -0.2) is 23.2 Å². The molecule has 5 heteroatoms. The Morgan fingerprint density at radius 3 is 2.79 bits per heavy atom. The van der Waals surface area contributed by atoms with Crippen molar-refractivity contribution in [3.8, 4) is 0 Å². The van der Waals surface area contributed by atoms with Gasteiger partial charge in [0.15, 0.2) is 0 Å². The summed E-state index contributed by atoms with van der Waals surface area (Å²) in [5.41, 5.74) is -0.621. The number of halogens is 1. The summed E-state index contributed by atoms with van der Waals surface area (Å²) < 4.78 is 0. The van der Waals surface area contributed by atoms with Gasteiger partial charge in [-0.1, -0.05) is 11.6 Å². The lowest BCUT2D eigenvalue weighted by molar-refractivity contribution is 0.0873. The number of carbonyl (C=O) groups excluding carboxylic acids is 1. The Morgan fingerprint density at radius 2 is 2.36 bits per heavy atom. The molecule has 0 bridgehead atoms. The van der Waals surface area contributed by atoms with E-state index in [1.165, 1.54) is 11.3 Å². The normalized spacial score (nSPS) is 11.4. The van der Waals surface area contributed by atoms with Gasteiger partial charge in [0.2, 0.25) is 0 Å². The Bertz CT molecular complexity index is 335. The average molecular weight is 234 g/mol. The predicted molar refractivity (Wildman–Crippen MR) is 58.0 cm³/mol. The number of rotatable bonds is 3. The molecule has 0 aliphatic heterocycles. The second kappa shape index (κ2) is 4.29. The van der Waals surface area contributed by atoms with Crippen molar-refractivity contribution in [3.05, 3.63) is 21.3 Å². The number of carbonyl (C=O) groups is 1. The predicted octanol–water partition coefficient (Wildman–Crippen LogP) is 1.90. The lowest BCUT2D eigenvalue weighted by Crippen LogP contribution is -2.46. The highest BCUT2D eigenvalue weighted by atomic mass is 35.5. The van der Waals surface area contributed by atoms with Crippen LogP contribution < -0.4 is 5.32 Å². The zero-order chi connectivity index (χ0) is 10.8. The molecule has 1 aromatic heterocycles. The van der Waals surface area contributed by atoms with Gasteiger partial charge in [0, 0.05) is 0 Å². The summed E-state index contributed by atoms with van der Waals surface area (Å²) >= 11 is 7.08. The molecule has 0 unspecified atom stereocenters. The van der Waals surface area contributed by atoms with Crippen molar-refractivity contribution in [3.63, 3.8) is 0 Å². The van der Waals surface area contributed by atoms with Gasteiger partial charge in [-0.15, -0.1) is 11.3 Å². The average Bonchev–Trinajstić information content (AvgIpc) is 2.51. The minimum Gasteiger partial charge on any atom is -0.394 e. The molecule has 3 nitrogen and oxygen atoms in total. The summed E-state index contributed by atoms with van der Waals surface area (Å²) in [4.78, 5) is 12.1. The maximum Gasteiger partial charge on any atom is 0.263 e. The minimum absolute atomic E-state index is 0.109. The third kappa shape index (κ3) is 2.70. The molecule has 1 rings (SSSR count). The Morgan fingerprint density at radius 1 is 1.71 bits per heavy atom. The van der Waals surface area contributed by atoms with Crippen molar-refractivity contribution in [2.75, 3.05) is 6.61 Å². The van der Waals surface area contributed by atoms with Crippen molar-refractivity contribution in [1.82, 2.24) is 5.32 Å². The quantitative estimate of drug-likeness (QED) is 0.838. The molecule has 2 N–H and O–H groups in total. The Hall–Kier alpha value is -0.580.